The van der Waals surface area contributed by atoms with Gasteiger partial charge in [-0.25, -0.2) is 0 Å². The fourth-order valence-corrected chi connectivity index (χ4v) is 2.67. The van der Waals surface area contributed by atoms with Crippen molar-refractivity contribution in [1.82, 2.24) is 10.2 Å². The average Bonchev–Trinajstić information content (AvgIpc) is 2.81. The van der Waals surface area contributed by atoms with Crippen LogP contribution >= 0.6 is 0 Å². The van der Waals surface area contributed by atoms with Crippen LogP contribution in [0.5, 0.6) is 0 Å². The van der Waals surface area contributed by atoms with Gasteiger partial charge in [0.25, 0.3) is 0 Å². The largest absolute Gasteiger partial charge is 0.368 e. The summed E-state index contributed by atoms with van der Waals surface area (Å²) in [5.41, 5.74) is 0. The standard InChI is InChI=1S/C14H24N2O3/c17-13(16-9-3-1-2-4-10-16)7-8-15-14(18)12-6-5-11-19-12/h12H,1-11H2,(H,15,18). The van der Waals surface area contributed by atoms with Crippen molar-refractivity contribution in [2.24, 2.45) is 0 Å². The molecule has 0 bridgehead atoms. The summed E-state index contributed by atoms with van der Waals surface area (Å²) >= 11 is 0. The third-order valence-corrected chi connectivity index (χ3v) is 3.82. The van der Waals surface area contributed by atoms with Crippen LogP contribution in [0, 0.1) is 0 Å². The quantitative estimate of drug-likeness (QED) is 0.830. The van der Waals surface area contributed by atoms with E-state index in [0.717, 1.165) is 38.8 Å². The van der Waals surface area contributed by atoms with Crippen molar-refractivity contribution in [2.45, 2.75) is 51.0 Å². The van der Waals surface area contributed by atoms with E-state index in [-0.39, 0.29) is 17.9 Å². The Morgan fingerprint density at radius 2 is 1.84 bits per heavy atom. The van der Waals surface area contributed by atoms with Crippen molar-refractivity contribution in [3.05, 3.63) is 0 Å². The molecular weight excluding hydrogens is 244 g/mol. The number of carbonyl (C=O) groups is 2. The van der Waals surface area contributed by atoms with Gasteiger partial charge in [0.1, 0.15) is 6.10 Å². The molecule has 1 atom stereocenters. The molecule has 5 heteroatoms. The normalized spacial score (nSPS) is 24.0. The van der Waals surface area contributed by atoms with Crippen molar-refractivity contribution in [3.63, 3.8) is 0 Å². The maximum atomic E-state index is 12.0. The van der Waals surface area contributed by atoms with Crippen LogP contribution in [0.25, 0.3) is 0 Å². The second-order valence-electron chi connectivity index (χ2n) is 5.34. The molecule has 1 unspecified atom stereocenters. The lowest BCUT2D eigenvalue weighted by molar-refractivity contribution is -0.132. The molecule has 1 N–H and O–H groups in total. The minimum absolute atomic E-state index is 0.0684. The molecule has 5 nitrogen and oxygen atoms in total. The van der Waals surface area contributed by atoms with Crippen LogP contribution in [0.2, 0.25) is 0 Å². The number of likely N-dealkylation sites (tertiary alicyclic amines) is 1. The lowest BCUT2D eigenvalue weighted by Gasteiger charge is -2.20. The molecule has 2 aliphatic rings. The second-order valence-corrected chi connectivity index (χ2v) is 5.34. The maximum Gasteiger partial charge on any atom is 0.249 e. The Hall–Kier alpha value is -1.10. The van der Waals surface area contributed by atoms with Crippen LogP contribution in [-0.4, -0.2) is 49.1 Å². The first kappa shape index (κ1) is 14.3. The summed E-state index contributed by atoms with van der Waals surface area (Å²) in [6, 6.07) is 0. The molecule has 0 spiro atoms. The molecule has 108 valence electrons. The predicted octanol–water partition coefficient (Wildman–Crippen LogP) is 1.07. The van der Waals surface area contributed by atoms with Crippen molar-refractivity contribution >= 4 is 11.8 Å². The van der Waals surface area contributed by atoms with Gasteiger partial charge in [-0.2, -0.15) is 0 Å². The number of hydrogen-bond acceptors (Lipinski definition) is 3. The van der Waals surface area contributed by atoms with Crippen LogP contribution < -0.4 is 5.32 Å². The van der Waals surface area contributed by atoms with Crippen molar-refractivity contribution in [1.29, 1.82) is 0 Å². The molecule has 0 aromatic carbocycles. The minimum atomic E-state index is -0.298. The molecule has 0 saturated carbocycles. The van der Waals surface area contributed by atoms with Gasteiger partial charge >= 0.3 is 0 Å². The van der Waals surface area contributed by atoms with Gasteiger partial charge in [-0.15, -0.1) is 0 Å². The molecule has 2 amide bonds. The maximum absolute atomic E-state index is 12.0. The molecule has 2 fully saturated rings. The van der Waals surface area contributed by atoms with E-state index < -0.39 is 0 Å². The van der Waals surface area contributed by atoms with Gasteiger partial charge in [-0.3, -0.25) is 9.59 Å². The average molecular weight is 268 g/mol. The van der Waals surface area contributed by atoms with Crippen LogP contribution in [0.4, 0.5) is 0 Å². The molecule has 2 rings (SSSR count). The van der Waals surface area contributed by atoms with E-state index in [1.54, 1.807) is 0 Å². The summed E-state index contributed by atoms with van der Waals surface area (Å²) in [6.45, 7) is 2.84. The molecule has 2 saturated heterocycles. The summed E-state index contributed by atoms with van der Waals surface area (Å²) in [5, 5.41) is 2.80. The molecule has 2 aliphatic heterocycles. The number of rotatable bonds is 4. The highest BCUT2D eigenvalue weighted by molar-refractivity contribution is 5.82. The molecule has 0 aromatic heterocycles. The fourth-order valence-electron chi connectivity index (χ4n) is 2.67. The third-order valence-electron chi connectivity index (χ3n) is 3.82. The van der Waals surface area contributed by atoms with E-state index in [0.29, 0.717) is 19.6 Å². The molecule has 0 aliphatic carbocycles. The summed E-state index contributed by atoms with van der Waals surface area (Å²) in [4.78, 5) is 25.6. The minimum Gasteiger partial charge on any atom is -0.368 e. The Morgan fingerprint density at radius 3 is 2.47 bits per heavy atom. The number of ether oxygens (including phenoxy) is 1. The van der Waals surface area contributed by atoms with E-state index in [1.807, 2.05) is 4.90 Å². The van der Waals surface area contributed by atoms with E-state index in [9.17, 15) is 9.59 Å². The summed E-state index contributed by atoms with van der Waals surface area (Å²) < 4.78 is 5.30. The number of hydrogen-bond donors (Lipinski definition) is 1. The highest BCUT2D eigenvalue weighted by atomic mass is 16.5. The zero-order valence-electron chi connectivity index (χ0n) is 11.5. The van der Waals surface area contributed by atoms with Crippen LogP contribution in [0.15, 0.2) is 0 Å². The van der Waals surface area contributed by atoms with Gasteiger partial charge in [-0.05, 0) is 25.7 Å². The molecule has 0 aromatic rings. The van der Waals surface area contributed by atoms with Crippen molar-refractivity contribution in [2.75, 3.05) is 26.2 Å². The van der Waals surface area contributed by atoms with Crippen molar-refractivity contribution < 1.29 is 14.3 Å². The fraction of sp³-hybridized carbons (Fsp3) is 0.857. The zero-order chi connectivity index (χ0) is 13.5. The Bertz CT molecular complexity index is 306. The summed E-state index contributed by atoms with van der Waals surface area (Å²) in [7, 11) is 0. The molecule has 2 heterocycles. The van der Waals surface area contributed by atoms with Crippen LogP contribution in [0.1, 0.15) is 44.9 Å². The Labute approximate surface area is 114 Å². The Balaban J connectivity index is 1.63. The predicted molar refractivity (Wildman–Crippen MR) is 71.6 cm³/mol. The summed E-state index contributed by atoms with van der Waals surface area (Å²) in [5.74, 6) is 0.0932. The first-order chi connectivity index (χ1) is 9.27. The van der Waals surface area contributed by atoms with E-state index in [1.165, 1.54) is 12.8 Å². The molecule has 19 heavy (non-hydrogen) atoms. The molecular formula is C14H24N2O3. The van der Waals surface area contributed by atoms with Gasteiger partial charge in [0.05, 0.1) is 0 Å². The first-order valence-electron chi connectivity index (χ1n) is 7.44. The number of amides is 2. The van der Waals surface area contributed by atoms with Gasteiger partial charge < -0.3 is 15.0 Å². The zero-order valence-corrected chi connectivity index (χ0v) is 11.5. The highest BCUT2D eigenvalue weighted by Crippen LogP contribution is 2.12. The molecule has 0 radical (unpaired) electrons. The second kappa shape index (κ2) is 7.48. The smallest absolute Gasteiger partial charge is 0.249 e. The lowest BCUT2D eigenvalue weighted by Crippen LogP contribution is -2.38. The van der Waals surface area contributed by atoms with Gasteiger partial charge in [0, 0.05) is 32.7 Å². The highest BCUT2D eigenvalue weighted by Gasteiger charge is 2.23. The SMILES string of the molecule is O=C(NCCC(=O)N1CCCCCC1)C1CCCO1. The van der Waals surface area contributed by atoms with E-state index >= 15 is 0 Å². The van der Waals surface area contributed by atoms with E-state index in [2.05, 4.69) is 5.32 Å². The summed E-state index contributed by atoms with van der Waals surface area (Å²) in [6.07, 6.45) is 6.50. The number of nitrogens with zero attached hydrogens (tertiary/aromatic N) is 1. The Kier molecular flexibility index (Phi) is 5.63. The third kappa shape index (κ3) is 4.49. The van der Waals surface area contributed by atoms with Crippen LogP contribution in [0.3, 0.4) is 0 Å². The lowest BCUT2D eigenvalue weighted by atomic mass is 10.2. The van der Waals surface area contributed by atoms with Crippen molar-refractivity contribution in [3.8, 4) is 0 Å². The van der Waals surface area contributed by atoms with Gasteiger partial charge in [-0.1, -0.05) is 12.8 Å². The van der Waals surface area contributed by atoms with E-state index in [4.69, 9.17) is 4.74 Å². The van der Waals surface area contributed by atoms with Crippen LogP contribution in [-0.2, 0) is 14.3 Å². The number of nitrogens with one attached hydrogen (secondary N) is 1. The Morgan fingerprint density at radius 1 is 1.11 bits per heavy atom. The number of carbonyl (C=O) groups excluding carboxylic acids is 2. The first-order valence-corrected chi connectivity index (χ1v) is 7.44. The van der Waals surface area contributed by atoms with Gasteiger partial charge in [0.2, 0.25) is 11.8 Å². The monoisotopic (exact) mass is 268 g/mol. The topological polar surface area (TPSA) is 58.6 Å². The van der Waals surface area contributed by atoms with Gasteiger partial charge in [0.15, 0.2) is 0 Å².